The molecule has 3 amide bonds. The zero-order chi connectivity index (χ0) is 30.9. The number of amides is 3. The van der Waals surface area contributed by atoms with Crippen LogP contribution in [0.4, 0.5) is 14.0 Å². The lowest BCUT2D eigenvalue weighted by atomic mass is 10.0. The topological polar surface area (TPSA) is 106 Å². The van der Waals surface area contributed by atoms with Crippen LogP contribution >= 0.6 is 0 Å². The van der Waals surface area contributed by atoms with E-state index >= 15 is 0 Å². The molecule has 0 saturated carbocycles. The molecule has 4 aromatic carbocycles. The second-order valence-corrected chi connectivity index (χ2v) is 10.6. The Bertz CT molecular complexity index is 1990. The number of halogens is 1. The highest BCUT2D eigenvalue weighted by molar-refractivity contribution is 6.13. The third kappa shape index (κ3) is 5.27. The van der Waals surface area contributed by atoms with Crippen LogP contribution in [-0.4, -0.2) is 44.8 Å². The lowest BCUT2D eigenvalue weighted by Gasteiger charge is -2.23. The number of benzene rings is 4. The lowest BCUT2D eigenvalue weighted by molar-refractivity contribution is 0.165. The van der Waals surface area contributed by atoms with E-state index in [1.54, 1.807) is 41.2 Å². The van der Waals surface area contributed by atoms with Gasteiger partial charge in [-0.05, 0) is 41.0 Å². The minimum atomic E-state index is -0.859. The quantitative estimate of drug-likeness (QED) is 0.209. The molecule has 2 N–H and O–H groups in total. The van der Waals surface area contributed by atoms with Crippen molar-refractivity contribution in [1.82, 2.24) is 19.8 Å². The number of aromatic hydroxyl groups is 1. The van der Waals surface area contributed by atoms with Gasteiger partial charge in [-0.15, -0.1) is 0 Å². The number of carbonyl (C=O) groups is 2. The Morgan fingerprint density at radius 3 is 2.24 bits per heavy atom. The molecule has 10 heteroatoms. The highest BCUT2D eigenvalue weighted by atomic mass is 19.1. The van der Waals surface area contributed by atoms with Crippen LogP contribution in [-0.2, 0) is 6.54 Å². The molecule has 0 bridgehead atoms. The average molecular weight is 603 g/mol. The molecule has 45 heavy (non-hydrogen) atoms. The molecule has 0 unspecified atom stereocenters. The first-order valence-corrected chi connectivity index (χ1v) is 14.4. The van der Waals surface area contributed by atoms with Gasteiger partial charge in [-0.25, -0.2) is 18.9 Å². The Morgan fingerprint density at radius 1 is 0.911 bits per heavy atom. The summed E-state index contributed by atoms with van der Waals surface area (Å²) in [5.74, 6) is -0.128. The summed E-state index contributed by atoms with van der Waals surface area (Å²) < 4.78 is 28.0. The second kappa shape index (κ2) is 11.6. The number of fused-ring (bicyclic) bond motifs is 2. The summed E-state index contributed by atoms with van der Waals surface area (Å²) in [6, 6.07) is 28.2. The summed E-state index contributed by atoms with van der Waals surface area (Å²) in [7, 11) is 0. The molecule has 0 spiro atoms. The van der Waals surface area contributed by atoms with Gasteiger partial charge >= 0.3 is 12.1 Å². The molecule has 7 rings (SSSR count). The summed E-state index contributed by atoms with van der Waals surface area (Å²) in [6.07, 6.45) is 1.80. The molecule has 3 heterocycles. The van der Waals surface area contributed by atoms with Crippen molar-refractivity contribution in [3.8, 4) is 17.4 Å². The number of carbonyl (C=O) groups excluding carboxylic acids is 2. The minimum Gasteiger partial charge on any atom is -0.494 e. The van der Waals surface area contributed by atoms with Gasteiger partial charge in [0.25, 0.3) is 0 Å². The monoisotopic (exact) mass is 602 g/mol. The standard InChI is InChI=1S/C35H27FN4O5/c36-25-15-13-22(14-16-25)20-39-21-27-28(33(39)41)32(44-30(23-8-3-1-4-9-23)24-10-5-2-6-11-24)29-26(12-7-17-37-29)31(27)45-35(43)40-19-18-38-34(40)42/h1-17,21,30,41H,18-20H2,(H,38,42). The minimum absolute atomic E-state index is 0.120. The summed E-state index contributed by atoms with van der Waals surface area (Å²) in [4.78, 5) is 31.1. The van der Waals surface area contributed by atoms with Crippen molar-refractivity contribution in [3.63, 3.8) is 0 Å². The number of rotatable bonds is 7. The molecule has 9 nitrogen and oxygen atoms in total. The van der Waals surface area contributed by atoms with Crippen molar-refractivity contribution in [3.05, 3.63) is 132 Å². The van der Waals surface area contributed by atoms with Gasteiger partial charge in [0.15, 0.2) is 11.5 Å². The van der Waals surface area contributed by atoms with Crippen molar-refractivity contribution in [2.75, 3.05) is 13.1 Å². The Morgan fingerprint density at radius 2 is 1.60 bits per heavy atom. The Kier molecular flexibility index (Phi) is 7.22. The smallest absolute Gasteiger partial charge is 0.423 e. The van der Waals surface area contributed by atoms with Gasteiger partial charge in [0.1, 0.15) is 17.4 Å². The number of pyridine rings is 1. The van der Waals surface area contributed by atoms with E-state index in [4.69, 9.17) is 9.47 Å². The van der Waals surface area contributed by atoms with E-state index in [2.05, 4.69) is 10.3 Å². The molecule has 224 valence electrons. The zero-order valence-corrected chi connectivity index (χ0v) is 23.9. The molecule has 0 aliphatic carbocycles. The summed E-state index contributed by atoms with van der Waals surface area (Å²) in [5, 5.41) is 15.5. The zero-order valence-electron chi connectivity index (χ0n) is 23.9. The van der Waals surface area contributed by atoms with E-state index in [9.17, 15) is 19.1 Å². The van der Waals surface area contributed by atoms with Gasteiger partial charge in [0, 0.05) is 24.3 Å². The number of aromatic nitrogens is 2. The van der Waals surface area contributed by atoms with Crippen molar-refractivity contribution < 1.29 is 28.6 Å². The first-order valence-electron chi connectivity index (χ1n) is 14.4. The number of nitrogens with one attached hydrogen (secondary N) is 1. The number of nitrogens with zero attached hydrogens (tertiary/aromatic N) is 3. The van der Waals surface area contributed by atoms with Crippen molar-refractivity contribution in [2.24, 2.45) is 0 Å². The van der Waals surface area contributed by atoms with Crippen LogP contribution in [0.1, 0.15) is 22.8 Å². The summed E-state index contributed by atoms with van der Waals surface area (Å²) in [6.45, 7) is 0.658. The maximum absolute atomic E-state index is 13.7. The maximum Gasteiger partial charge on any atom is 0.423 e. The third-order valence-corrected chi connectivity index (χ3v) is 7.76. The van der Waals surface area contributed by atoms with Crippen LogP contribution in [0.25, 0.3) is 21.7 Å². The third-order valence-electron chi connectivity index (χ3n) is 7.76. The Balaban J connectivity index is 1.44. The predicted molar refractivity (Wildman–Crippen MR) is 166 cm³/mol. The van der Waals surface area contributed by atoms with E-state index in [-0.39, 0.29) is 41.7 Å². The highest BCUT2D eigenvalue weighted by Gasteiger charge is 2.32. The van der Waals surface area contributed by atoms with Crippen LogP contribution in [0.15, 0.2) is 109 Å². The van der Waals surface area contributed by atoms with Gasteiger partial charge in [-0.1, -0.05) is 72.8 Å². The normalized spacial score (nSPS) is 13.0. The van der Waals surface area contributed by atoms with Crippen molar-refractivity contribution in [1.29, 1.82) is 0 Å². The Hall–Kier alpha value is -5.90. The number of ether oxygens (including phenoxy) is 2. The molecule has 1 fully saturated rings. The first-order chi connectivity index (χ1) is 22.0. The molecular formula is C35H27FN4O5. The van der Waals surface area contributed by atoms with Crippen LogP contribution in [0.5, 0.6) is 17.4 Å². The molecule has 1 aliphatic heterocycles. The van der Waals surface area contributed by atoms with Crippen molar-refractivity contribution >= 4 is 33.8 Å². The Labute approximate surface area is 257 Å². The molecule has 2 aromatic heterocycles. The molecular weight excluding hydrogens is 575 g/mol. The maximum atomic E-state index is 13.7. The number of imide groups is 1. The SMILES string of the molecule is O=C1NCCN1C(=O)Oc1c2cccnc2c(OC(c2ccccc2)c2ccccc2)c2c(O)n(Cc3ccc(F)cc3)cc12. The van der Waals surface area contributed by atoms with E-state index in [1.165, 1.54) is 12.1 Å². The number of urea groups is 1. The molecule has 0 radical (unpaired) electrons. The van der Waals surface area contributed by atoms with Crippen LogP contribution < -0.4 is 14.8 Å². The van der Waals surface area contributed by atoms with Crippen LogP contribution in [0, 0.1) is 5.82 Å². The largest absolute Gasteiger partial charge is 0.494 e. The molecule has 1 aliphatic rings. The molecule has 6 aromatic rings. The molecule has 1 saturated heterocycles. The van der Waals surface area contributed by atoms with Gasteiger partial charge in [-0.3, -0.25) is 4.98 Å². The predicted octanol–water partition coefficient (Wildman–Crippen LogP) is 6.77. The van der Waals surface area contributed by atoms with Gasteiger partial charge in [-0.2, -0.15) is 0 Å². The highest BCUT2D eigenvalue weighted by Crippen LogP contribution is 2.48. The second-order valence-electron chi connectivity index (χ2n) is 10.6. The lowest BCUT2D eigenvalue weighted by Crippen LogP contribution is -2.36. The van der Waals surface area contributed by atoms with E-state index in [0.29, 0.717) is 22.8 Å². The van der Waals surface area contributed by atoms with Gasteiger partial charge < -0.3 is 24.5 Å². The van der Waals surface area contributed by atoms with Crippen LogP contribution in [0.3, 0.4) is 0 Å². The van der Waals surface area contributed by atoms with E-state index < -0.39 is 18.2 Å². The number of hydrogen-bond acceptors (Lipinski definition) is 6. The van der Waals surface area contributed by atoms with Gasteiger partial charge in [0.05, 0.1) is 23.9 Å². The fraction of sp³-hybridized carbons (Fsp3) is 0.114. The fourth-order valence-electron chi connectivity index (χ4n) is 5.60. The van der Waals surface area contributed by atoms with E-state index in [0.717, 1.165) is 21.6 Å². The van der Waals surface area contributed by atoms with Crippen molar-refractivity contribution in [2.45, 2.75) is 12.6 Å². The van der Waals surface area contributed by atoms with Gasteiger partial charge in [0.2, 0.25) is 5.88 Å². The van der Waals surface area contributed by atoms with E-state index in [1.807, 2.05) is 60.7 Å². The number of hydrogen-bond donors (Lipinski definition) is 2. The van der Waals surface area contributed by atoms with Crippen LogP contribution in [0.2, 0.25) is 0 Å². The molecule has 0 atom stereocenters. The first kappa shape index (κ1) is 27.9. The summed E-state index contributed by atoms with van der Waals surface area (Å²) >= 11 is 0. The summed E-state index contributed by atoms with van der Waals surface area (Å²) in [5.41, 5.74) is 2.84. The average Bonchev–Trinajstić information content (AvgIpc) is 3.65. The fourth-order valence-corrected chi connectivity index (χ4v) is 5.60.